The molecule has 1 aliphatic carbocycles. The number of carbonyl (C=O) groups excluding carboxylic acids is 1. The van der Waals surface area contributed by atoms with Crippen LogP contribution in [0.1, 0.15) is 37.7 Å². The minimum atomic E-state index is -3.46. The van der Waals surface area contributed by atoms with Crippen LogP contribution in [-0.4, -0.2) is 61.4 Å². The normalized spacial score (nSPS) is 19.8. The second kappa shape index (κ2) is 12.1. The zero-order valence-corrected chi connectivity index (χ0v) is 23.2. The molecule has 2 aliphatic heterocycles. The molecule has 5 rings (SSSR count). The van der Waals surface area contributed by atoms with Crippen molar-refractivity contribution in [1.29, 1.82) is 0 Å². The maximum atomic E-state index is 12.7. The Balaban J connectivity index is 1.20. The molecule has 212 valence electrons. The molecule has 0 bridgehead atoms. The van der Waals surface area contributed by atoms with Gasteiger partial charge in [0, 0.05) is 18.3 Å². The van der Waals surface area contributed by atoms with Crippen molar-refractivity contribution >= 4 is 27.1 Å². The smallest absolute Gasteiger partial charge is 0.417 e. The van der Waals surface area contributed by atoms with Gasteiger partial charge in [-0.3, -0.25) is 4.98 Å². The van der Waals surface area contributed by atoms with Gasteiger partial charge in [-0.15, -0.1) is 0 Å². The van der Waals surface area contributed by atoms with Gasteiger partial charge in [0.2, 0.25) is 21.8 Å². The first-order valence-corrected chi connectivity index (χ1v) is 15.0. The number of sulfonamides is 1. The van der Waals surface area contributed by atoms with Gasteiger partial charge >= 0.3 is 6.09 Å². The molecule has 0 spiro atoms. The van der Waals surface area contributed by atoms with Gasteiger partial charge in [0.1, 0.15) is 12.4 Å². The van der Waals surface area contributed by atoms with Gasteiger partial charge in [-0.1, -0.05) is 18.2 Å². The van der Waals surface area contributed by atoms with Crippen LogP contribution in [0.15, 0.2) is 72.4 Å². The summed E-state index contributed by atoms with van der Waals surface area (Å²) >= 11 is 0. The number of amides is 1. The van der Waals surface area contributed by atoms with E-state index in [0.29, 0.717) is 37.3 Å². The Morgan fingerprint density at radius 2 is 2.10 bits per heavy atom. The van der Waals surface area contributed by atoms with Gasteiger partial charge in [-0.25, -0.2) is 27.8 Å². The first-order chi connectivity index (χ1) is 19.3. The number of cyclic esters (lactones) is 1. The summed E-state index contributed by atoms with van der Waals surface area (Å²) in [5.41, 5.74) is 3.39. The number of aryl methyl sites for hydroxylation is 1. The zero-order valence-electron chi connectivity index (χ0n) is 22.4. The molecule has 0 aromatic carbocycles. The maximum Gasteiger partial charge on any atom is 0.417 e. The van der Waals surface area contributed by atoms with Gasteiger partial charge in [0.25, 0.3) is 0 Å². The standard InChI is InChI=1S/C28H32N4O7S/c1-36-25-13-12-23-27(30-25)20(14-15-29-23)8-9-21(31-40(2,34)35)10-11-22-16-32(28(33)38-22)26-18-37-17-24(39-26)19-6-4-3-5-7-19/h3-4,6,12-15,17-18,21-22,31H,5,7-11,16H2,1-2H3. The Morgan fingerprint density at radius 1 is 1.23 bits per heavy atom. The molecule has 4 heterocycles. The van der Waals surface area contributed by atoms with Crippen LogP contribution in [0.3, 0.4) is 0 Å². The number of hydrogen-bond acceptors (Lipinski definition) is 9. The SMILES string of the molecule is COc1ccc2nccc(CCC(CCC3CN(C4=COC=C(C5=CC=CCC5)O4)C(=O)O3)NS(C)(=O)=O)c2n1. The number of rotatable bonds is 11. The van der Waals surface area contributed by atoms with Crippen molar-refractivity contribution in [2.45, 2.75) is 50.7 Å². The minimum Gasteiger partial charge on any atom is -0.481 e. The predicted octanol–water partition coefficient (Wildman–Crippen LogP) is 4.05. The van der Waals surface area contributed by atoms with E-state index in [9.17, 15) is 13.2 Å². The summed E-state index contributed by atoms with van der Waals surface area (Å²) in [4.78, 5) is 23.0. The van der Waals surface area contributed by atoms with E-state index in [-0.39, 0.29) is 18.5 Å². The van der Waals surface area contributed by atoms with Crippen LogP contribution < -0.4 is 9.46 Å². The number of ether oxygens (including phenoxy) is 4. The Hall–Kier alpha value is -3.90. The van der Waals surface area contributed by atoms with Gasteiger partial charge in [-0.2, -0.15) is 0 Å². The quantitative estimate of drug-likeness (QED) is 0.427. The third kappa shape index (κ3) is 6.80. The fraction of sp³-hybridized carbons (Fsp3) is 0.393. The molecule has 12 heteroatoms. The monoisotopic (exact) mass is 568 g/mol. The Morgan fingerprint density at radius 3 is 2.88 bits per heavy atom. The number of nitrogens with zero attached hydrogens (tertiary/aromatic N) is 3. The van der Waals surface area contributed by atoms with Crippen LogP contribution in [-0.2, 0) is 30.7 Å². The molecule has 2 atom stereocenters. The lowest BCUT2D eigenvalue weighted by molar-refractivity contribution is 0.116. The van der Waals surface area contributed by atoms with Crippen LogP contribution >= 0.6 is 0 Å². The molecule has 11 nitrogen and oxygen atoms in total. The van der Waals surface area contributed by atoms with E-state index in [2.05, 4.69) is 20.8 Å². The fourth-order valence-corrected chi connectivity index (χ4v) is 5.73. The summed E-state index contributed by atoms with van der Waals surface area (Å²) in [6.07, 6.45) is 14.5. The molecule has 1 fully saturated rings. The first kappa shape index (κ1) is 27.7. The third-order valence-corrected chi connectivity index (χ3v) is 7.62. The molecule has 2 aromatic rings. The first-order valence-electron chi connectivity index (χ1n) is 13.1. The van der Waals surface area contributed by atoms with Crippen LogP contribution in [0, 0.1) is 0 Å². The summed E-state index contributed by atoms with van der Waals surface area (Å²) in [5, 5.41) is 0. The summed E-state index contributed by atoms with van der Waals surface area (Å²) < 4.78 is 49.2. The van der Waals surface area contributed by atoms with Crippen molar-refractivity contribution in [3.63, 3.8) is 0 Å². The summed E-state index contributed by atoms with van der Waals surface area (Å²) in [6.45, 7) is 0.268. The Kier molecular flexibility index (Phi) is 8.36. The number of carbonyl (C=O) groups is 1. The van der Waals surface area contributed by atoms with E-state index in [1.807, 2.05) is 24.3 Å². The summed E-state index contributed by atoms with van der Waals surface area (Å²) in [6, 6.07) is 5.10. The highest BCUT2D eigenvalue weighted by Crippen LogP contribution is 2.30. The number of allylic oxidation sites excluding steroid dienone is 4. The number of hydrogen-bond donors (Lipinski definition) is 1. The van der Waals surface area contributed by atoms with Crippen LogP contribution in [0.5, 0.6) is 5.88 Å². The molecule has 1 saturated heterocycles. The van der Waals surface area contributed by atoms with Crippen LogP contribution in [0.4, 0.5) is 4.79 Å². The maximum absolute atomic E-state index is 12.7. The highest BCUT2D eigenvalue weighted by Gasteiger charge is 2.36. The number of nitrogens with one attached hydrogen (secondary N) is 1. The fourth-order valence-electron chi connectivity index (χ4n) is 4.89. The highest BCUT2D eigenvalue weighted by molar-refractivity contribution is 7.88. The van der Waals surface area contributed by atoms with Crippen LogP contribution in [0.2, 0.25) is 0 Å². The number of pyridine rings is 2. The Bertz CT molecular complexity index is 1500. The zero-order chi connectivity index (χ0) is 28.1. The van der Waals surface area contributed by atoms with Crippen molar-refractivity contribution in [3.05, 3.63) is 77.9 Å². The Labute approximate surface area is 233 Å². The van der Waals surface area contributed by atoms with E-state index in [1.165, 1.54) is 17.4 Å². The van der Waals surface area contributed by atoms with E-state index in [0.717, 1.165) is 41.3 Å². The molecule has 1 amide bonds. The lowest BCUT2D eigenvalue weighted by Gasteiger charge is -2.23. The number of fused-ring (bicyclic) bond motifs is 1. The largest absolute Gasteiger partial charge is 0.481 e. The average molecular weight is 569 g/mol. The molecule has 1 N–H and O–H groups in total. The molecule has 0 saturated carbocycles. The molecule has 2 unspecified atom stereocenters. The topological polar surface area (TPSA) is 129 Å². The lowest BCUT2D eigenvalue weighted by Crippen LogP contribution is -2.35. The van der Waals surface area contributed by atoms with Crippen LogP contribution in [0.25, 0.3) is 11.0 Å². The van der Waals surface area contributed by atoms with E-state index >= 15 is 0 Å². The third-order valence-electron chi connectivity index (χ3n) is 6.86. The second-order valence-corrected chi connectivity index (χ2v) is 11.6. The molecule has 40 heavy (non-hydrogen) atoms. The number of methoxy groups -OCH3 is 1. The lowest BCUT2D eigenvalue weighted by atomic mass is 10.0. The molecular formula is C28H32N4O7S. The van der Waals surface area contributed by atoms with Gasteiger partial charge in [-0.05, 0) is 61.8 Å². The second-order valence-electron chi connectivity index (χ2n) is 9.85. The van der Waals surface area contributed by atoms with E-state index in [1.54, 1.807) is 19.4 Å². The highest BCUT2D eigenvalue weighted by atomic mass is 32.2. The molecule has 0 radical (unpaired) electrons. The van der Waals surface area contributed by atoms with Crippen molar-refractivity contribution in [2.24, 2.45) is 0 Å². The van der Waals surface area contributed by atoms with Gasteiger partial charge in [0.05, 0.1) is 30.9 Å². The van der Waals surface area contributed by atoms with Gasteiger partial charge in [0.15, 0.2) is 12.0 Å². The number of aromatic nitrogens is 2. The summed E-state index contributed by atoms with van der Waals surface area (Å²) in [5.74, 6) is 1.31. The van der Waals surface area contributed by atoms with Crippen molar-refractivity contribution in [1.82, 2.24) is 19.6 Å². The van der Waals surface area contributed by atoms with E-state index in [4.69, 9.17) is 18.9 Å². The van der Waals surface area contributed by atoms with E-state index < -0.39 is 22.2 Å². The van der Waals surface area contributed by atoms with Crippen molar-refractivity contribution in [2.75, 3.05) is 19.9 Å². The predicted molar refractivity (Wildman–Crippen MR) is 147 cm³/mol. The van der Waals surface area contributed by atoms with Crippen molar-refractivity contribution in [3.8, 4) is 5.88 Å². The molecule has 2 aromatic heterocycles. The van der Waals surface area contributed by atoms with Crippen molar-refractivity contribution < 1.29 is 32.2 Å². The summed E-state index contributed by atoms with van der Waals surface area (Å²) in [7, 11) is -1.91. The minimum absolute atomic E-state index is 0.263. The molecular weight excluding hydrogens is 536 g/mol. The average Bonchev–Trinajstić information content (AvgIpc) is 3.34. The van der Waals surface area contributed by atoms with Gasteiger partial charge < -0.3 is 18.9 Å². The molecule has 3 aliphatic rings.